The lowest BCUT2D eigenvalue weighted by molar-refractivity contribution is -0.122. The summed E-state index contributed by atoms with van der Waals surface area (Å²) in [5.41, 5.74) is 10.1. The number of carbonyl (C=O) groups excluding carboxylic acids is 2. The van der Waals surface area contributed by atoms with Gasteiger partial charge in [0.25, 0.3) is 0 Å². The third-order valence-corrected chi connectivity index (χ3v) is 6.24. The lowest BCUT2D eigenvalue weighted by atomic mass is 10.0. The normalized spacial score (nSPS) is 11.6. The van der Waals surface area contributed by atoms with Crippen LogP contribution in [0.2, 0.25) is 5.02 Å². The van der Waals surface area contributed by atoms with E-state index in [-0.39, 0.29) is 11.8 Å². The first-order chi connectivity index (χ1) is 17.3. The second kappa shape index (κ2) is 11.1. The summed E-state index contributed by atoms with van der Waals surface area (Å²) in [6.07, 6.45) is 2.41. The summed E-state index contributed by atoms with van der Waals surface area (Å²) >= 11 is 6.34. The number of hydrogen-bond acceptors (Lipinski definition) is 5. The van der Waals surface area contributed by atoms with E-state index in [1.165, 1.54) is 6.92 Å². The fraction of sp³-hybridized carbons (Fsp3) is 0.179. The number of nitrogen functional groups attached to an aromatic ring is 1. The van der Waals surface area contributed by atoms with Gasteiger partial charge in [-0.15, -0.1) is 0 Å². The summed E-state index contributed by atoms with van der Waals surface area (Å²) in [5, 5.41) is 11.6. The Kier molecular flexibility index (Phi) is 7.71. The maximum Gasteiger partial charge on any atom is 0.247 e. The van der Waals surface area contributed by atoms with E-state index in [1.54, 1.807) is 12.3 Å². The standard InChI is InChI=1S/C28H28ClN5O2/c1-3-19-14-21(7-10-25(19)29)26(34-23-8-9-24-20(15-23)11-12-31-27(24)30)28(36)32-16-18-5-4-6-22(13-18)33-17(2)35/h4-15,26,34H,3,16H2,1-2H3,(H2,30,31)(H,32,36)(H,33,35). The molecule has 1 atom stereocenters. The number of aromatic nitrogens is 1. The lowest BCUT2D eigenvalue weighted by Crippen LogP contribution is -2.33. The average molecular weight is 502 g/mol. The van der Waals surface area contributed by atoms with Gasteiger partial charge < -0.3 is 21.7 Å². The smallest absolute Gasteiger partial charge is 0.247 e. The number of benzene rings is 3. The Morgan fingerprint density at radius 3 is 2.64 bits per heavy atom. The van der Waals surface area contributed by atoms with Gasteiger partial charge in [0, 0.05) is 41.4 Å². The van der Waals surface area contributed by atoms with Crippen molar-refractivity contribution in [1.29, 1.82) is 0 Å². The van der Waals surface area contributed by atoms with Crippen LogP contribution in [0.1, 0.15) is 36.6 Å². The predicted octanol–water partition coefficient (Wildman–Crippen LogP) is 5.46. The summed E-state index contributed by atoms with van der Waals surface area (Å²) < 4.78 is 0. The van der Waals surface area contributed by atoms with Gasteiger partial charge in [-0.3, -0.25) is 9.59 Å². The molecule has 1 aromatic heterocycles. The van der Waals surface area contributed by atoms with Crippen LogP contribution in [-0.2, 0) is 22.6 Å². The Labute approximate surface area is 215 Å². The molecule has 8 heteroatoms. The first-order valence-corrected chi connectivity index (χ1v) is 12.0. The van der Waals surface area contributed by atoms with Crippen LogP contribution < -0.4 is 21.7 Å². The van der Waals surface area contributed by atoms with Crippen molar-refractivity contribution >= 4 is 51.4 Å². The van der Waals surface area contributed by atoms with E-state index >= 15 is 0 Å². The number of fused-ring (bicyclic) bond motifs is 1. The van der Waals surface area contributed by atoms with Crippen LogP contribution >= 0.6 is 11.6 Å². The third kappa shape index (κ3) is 5.93. The van der Waals surface area contributed by atoms with Crippen LogP contribution in [0.5, 0.6) is 0 Å². The highest BCUT2D eigenvalue weighted by atomic mass is 35.5. The number of nitrogens with two attached hydrogens (primary N) is 1. The van der Waals surface area contributed by atoms with Crippen molar-refractivity contribution in [3.05, 3.63) is 94.6 Å². The summed E-state index contributed by atoms with van der Waals surface area (Å²) in [5.74, 6) is 0.113. The van der Waals surface area contributed by atoms with Gasteiger partial charge in [-0.2, -0.15) is 0 Å². The maximum atomic E-state index is 13.5. The fourth-order valence-electron chi connectivity index (χ4n) is 4.06. The minimum absolute atomic E-state index is 0.150. The first-order valence-electron chi connectivity index (χ1n) is 11.7. The topological polar surface area (TPSA) is 109 Å². The molecule has 3 aromatic carbocycles. The molecule has 5 N–H and O–H groups in total. The highest BCUT2D eigenvalue weighted by Gasteiger charge is 2.22. The number of rotatable bonds is 8. The van der Waals surface area contributed by atoms with Crippen molar-refractivity contribution in [1.82, 2.24) is 10.3 Å². The van der Waals surface area contributed by atoms with Gasteiger partial charge in [0.15, 0.2) is 0 Å². The minimum atomic E-state index is -0.664. The number of carbonyl (C=O) groups is 2. The van der Waals surface area contributed by atoms with Crippen LogP contribution in [0.15, 0.2) is 72.9 Å². The molecular formula is C28H28ClN5O2. The number of hydrogen-bond donors (Lipinski definition) is 4. The first kappa shape index (κ1) is 25.0. The highest BCUT2D eigenvalue weighted by Crippen LogP contribution is 2.28. The van der Waals surface area contributed by atoms with Gasteiger partial charge in [-0.1, -0.05) is 42.8 Å². The van der Waals surface area contributed by atoms with E-state index in [1.807, 2.05) is 67.6 Å². The molecule has 7 nitrogen and oxygen atoms in total. The van der Waals surface area contributed by atoms with E-state index < -0.39 is 6.04 Å². The SMILES string of the molecule is CCc1cc(C(Nc2ccc3c(N)nccc3c2)C(=O)NCc2cccc(NC(C)=O)c2)ccc1Cl. The van der Waals surface area contributed by atoms with Crippen molar-refractivity contribution < 1.29 is 9.59 Å². The van der Waals surface area contributed by atoms with E-state index in [2.05, 4.69) is 20.9 Å². The van der Waals surface area contributed by atoms with Gasteiger partial charge in [-0.05, 0) is 71.0 Å². The molecule has 184 valence electrons. The van der Waals surface area contributed by atoms with E-state index in [0.29, 0.717) is 23.1 Å². The number of halogens is 1. The largest absolute Gasteiger partial charge is 0.383 e. The molecule has 0 aliphatic heterocycles. The summed E-state index contributed by atoms with van der Waals surface area (Å²) in [6.45, 7) is 3.79. The molecule has 36 heavy (non-hydrogen) atoms. The zero-order chi connectivity index (χ0) is 25.7. The molecule has 0 saturated heterocycles. The Bertz CT molecular complexity index is 1420. The monoisotopic (exact) mass is 501 g/mol. The number of nitrogens with zero attached hydrogens (tertiary/aromatic N) is 1. The predicted molar refractivity (Wildman–Crippen MR) is 146 cm³/mol. The molecule has 0 bridgehead atoms. The van der Waals surface area contributed by atoms with Crippen LogP contribution in [0.25, 0.3) is 10.8 Å². The molecule has 0 radical (unpaired) electrons. The molecule has 0 fully saturated rings. The minimum Gasteiger partial charge on any atom is -0.383 e. The quantitative estimate of drug-likeness (QED) is 0.256. The highest BCUT2D eigenvalue weighted by molar-refractivity contribution is 6.31. The van der Waals surface area contributed by atoms with Gasteiger partial charge in [0.05, 0.1) is 0 Å². The second-order valence-electron chi connectivity index (χ2n) is 8.51. The van der Waals surface area contributed by atoms with Gasteiger partial charge in [0.2, 0.25) is 11.8 Å². The van der Waals surface area contributed by atoms with Crippen LogP contribution in [0.3, 0.4) is 0 Å². The zero-order valence-electron chi connectivity index (χ0n) is 20.1. The summed E-state index contributed by atoms with van der Waals surface area (Å²) in [4.78, 5) is 29.0. The van der Waals surface area contributed by atoms with Crippen molar-refractivity contribution in [3.8, 4) is 0 Å². The lowest BCUT2D eigenvalue weighted by Gasteiger charge is -2.21. The van der Waals surface area contributed by atoms with Crippen molar-refractivity contribution in [2.75, 3.05) is 16.4 Å². The molecule has 0 aliphatic carbocycles. The van der Waals surface area contributed by atoms with E-state index in [9.17, 15) is 9.59 Å². The van der Waals surface area contributed by atoms with Crippen LogP contribution in [0, 0.1) is 0 Å². The third-order valence-electron chi connectivity index (χ3n) is 5.87. The number of aryl methyl sites for hydroxylation is 1. The van der Waals surface area contributed by atoms with Crippen molar-refractivity contribution in [2.24, 2.45) is 0 Å². The number of pyridine rings is 1. The number of nitrogens with one attached hydrogen (secondary N) is 3. The van der Waals surface area contributed by atoms with Crippen molar-refractivity contribution in [2.45, 2.75) is 32.9 Å². The van der Waals surface area contributed by atoms with Gasteiger partial charge in [0.1, 0.15) is 11.9 Å². The molecule has 2 amide bonds. The van der Waals surface area contributed by atoms with Crippen molar-refractivity contribution in [3.63, 3.8) is 0 Å². The Morgan fingerprint density at radius 2 is 1.86 bits per heavy atom. The van der Waals surface area contributed by atoms with E-state index in [0.717, 1.165) is 39.6 Å². The molecule has 0 spiro atoms. The average Bonchev–Trinajstić information content (AvgIpc) is 2.86. The number of anilines is 3. The van der Waals surface area contributed by atoms with Gasteiger partial charge in [-0.25, -0.2) is 4.98 Å². The second-order valence-corrected chi connectivity index (χ2v) is 8.92. The maximum absolute atomic E-state index is 13.5. The molecule has 1 heterocycles. The van der Waals surface area contributed by atoms with Gasteiger partial charge >= 0.3 is 0 Å². The van der Waals surface area contributed by atoms with E-state index in [4.69, 9.17) is 17.3 Å². The Hall–Kier alpha value is -4.10. The zero-order valence-corrected chi connectivity index (χ0v) is 20.9. The fourth-order valence-corrected chi connectivity index (χ4v) is 4.31. The van der Waals surface area contributed by atoms with Crippen LogP contribution in [-0.4, -0.2) is 16.8 Å². The molecular weight excluding hydrogens is 474 g/mol. The Morgan fingerprint density at radius 1 is 1.03 bits per heavy atom. The summed E-state index contributed by atoms with van der Waals surface area (Å²) in [7, 11) is 0. The molecule has 1 unspecified atom stereocenters. The molecule has 4 rings (SSSR count). The van der Waals surface area contributed by atoms with Crippen LogP contribution in [0.4, 0.5) is 17.2 Å². The Balaban J connectivity index is 1.60. The molecule has 4 aromatic rings. The summed E-state index contributed by atoms with van der Waals surface area (Å²) in [6, 6.07) is 20.0. The number of amides is 2. The molecule has 0 saturated carbocycles. The molecule has 0 aliphatic rings.